The first-order valence-corrected chi connectivity index (χ1v) is 19.8. The average molecular weight is 786 g/mol. The van der Waals surface area contributed by atoms with Gasteiger partial charge < -0.3 is 40.0 Å². The molecule has 3 fully saturated rings. The van der Waals surface area contributed by atoms with Gasteiger partial charge in [-0.05, 0) is 74.4 Å². The van der Waals surface area contributed by atoms with E-state index in [0.29, 0.717) is 26.7 Å². The summed E-state index contributed by atoms with van der Waals surface area (Å²) in [6.07, 6.45) is -6.84. The molecule has 6 rings (SSSR count). The zero-order valence-electron chi connectivity index (χ0n) is 29.9. The molecule has 53 heavy (non-hydrogen) atoms. The number of aliphatic hydroxyl groups excluding tert-OH is 1. The summed E-state index contributed by atoms with van der Waals surface area (Å²) in [5.41, 5.74) is 1.10. The molecule has 18 heteroatoms. The van der Waals surface area contributed by atoms with E-state index in [0.717, 1.165) is 12.8 Å². The summed E-state index contributed by atoms with van der Waals surface area (Å²) in [6, 6.07) is 10.1. The molecule has 3 aliphatic rings. The first-order valence-electron chi connectivity index (χ1n) is 17.5. The van der Waals surface area contributed by atoms with Crippen molar-refractivity contribution in [3.63, 3.8) is 0 Å². The number of anilines is 1. The standard InChI is InChI=1S/C35H46F3N5O8S2/c1-20(2)40-32-41-24-10-9-23(14-29(24)52-32)53(46,47)43(19-34(3)11-12-34)15-27(44)25(13-21-5-7-22(48-4)8-6-21)42-33(45)51-28-17-50-31-30(28)26(16-49-31)39-18-35(36,37)38/h5-10,14,20,25-28,30-31,39,44H,11-13,15-19H2,1-4H3,(H,40,41)(H,42,45)/t25-,26-,27+,28-,30-,31+/m0/s1. The fourth-order valence-corrected chi connectivity index (χ4v) is 9.35. The number of alkyl carbamates (subject to hydrolysis) is 1. The van der Waals surface area contributed by atoms with Crippen LogP contribution in [-0.4, -0.2) is 112 Å². The number of fused-ring (bicyclic) bond motifs is 2. The lowest BCUT2D eigenvalue weighted by molar-refractivity contribution is -0.127. The van der Waals surface area contributed by atoms with E-state index in [1.54, 1.807) is 36.4 Å². The Morgan fingerprint density at radius 1 is 1.15 bits per heavy atom. The zero-order chi connectivity index (χ0) is 38.1. The molecule has 3 aromatic rings. The lowest BCUT2D eigenvalue weighted by Crippen LogP contribution is -2.52. The van der Waals surface area contributed by atoms with Crippen LogP contribution in [0.1, 0.15) is 39.2 Å². The Balaban J connectivity index is 1.21. The molecule has 13 nitrogen and oxygen atoms in total. The maximum absolute atomic E-state index is 14.3. The van der Waals surface area contributed by atoms with Crippen LogP contribution in [0.4, 0.5) is 23.1 Å². The predicted octanol–water partition coefficient (Wildman–Crippen LogP) is 4.51. The first kappa shape index (κ1) is 39.4. The third kappa shape index (κ3) is 9.89. The molecule has 0 unspecified atom stereocenters. The summed E-state index contributed by atoms with van der Waals surface area (Å²) >= 11 is 1.35. The molecule has 292 valence electrons. The minimum atomic E-state index is -4.45. The number of aliphatic hydroxyl groups is 1. The van der Waals surface area contributed by atoms with Crippen molar-refractivity contribution in [2.24, 2.45) is 11.3 Å². The maximum atomic E-state index is 14.3. The van der Waals surface area contributed by atoms with Gasteiger partial charge in [0.15, 0.2) is 11.4 Å². The molecular formula is C35H46F3N5O8S2. The molecule has 2 saturated heterocycles. The monoisotopic (exact) mass is 785 g/mol. The van der Waals surface area contributed by atoms with Crippen molar-refractivity contribution >= 4 is 42.8 Å². The summed E-state index contributed by atoms with van der Waals surface area (Å²) in [6.45, 7) is 4.38. The number of ether oxygens (including phenoxy) is 4. The van der Waals surface area contributed by atoms with E-state index in [9.17, 15) is 31.5 Å². The van der Waals surface area contributed by atoms with Gasteiger partial charge in [-0.25, -0.2) is 18.2 Å². The molecule has 2 aliphatic heterocycles. The minimum Gasteiger partial charge on any atom is -0.497 e. The van der Waals surface area contributed by atoms with E-state index >= 15 is 0 Å². The highest BCUT2D eigenvalue weighted by Gasteiger charge is 2.51. The van der Waals surface area contributed by atoms with Crippen molar-refractivity contribution in [3.8, 4) is 5.75 Å². The Kier molecular flexibility index (Phi) is 11.8. The van der Waals surface area contributed by atoms with Gasteiger partial charge in [0, 0.05) is 25.2 Å². The second kappa shape index (κ2) is 15.8. The van der Waals surface area contributed by atoms with E-state index in [2.05, 4.69) is 20.9 Å². The van der Waals surface area contributed by atoms with E-state index in [-0.39, 0.29) is 49.1 Å². The van der Waals surface area contributed by atoms with Gasteiger partial charge in [-0.3, -0.25) is 0 Å². The van der Waals surface area contributed by atoms with Crippen LogP contribution in [0.2, 0.25) is 0 Å². The second-order valence-corrected chi connectivity index (χ2v) is 17.6. The Labute approximate surface area is 310 Å². The van der Waals surface area contributed by atoms with E-state index in [1.807, 2.05) is 20.8 Å². The third-order valence-electron chi connectivity index (χ3n) is 9.74. The number of nitrogens with zero attached hydrogens (tertiary/aromatic N) is 2. The van der Waals surface area contributed by atoms with Crippen molar-refractivity contribution in [2.45, 2.75) is 87.7 Å². The molecule has 1 amide bonds. The topological polar surface area (TPSA) is 161 Å². The van der Waals surface area contributed by atoms with Crippen LogP contribution in [-0.2, 0) is 30.7 Å². The van der Waals surface area contributed by atoms with Gasteiger partial charge in [0.25, 0.3) is 0 Å². The molecular weight excluding hydrogens is 740 g/mol. The highest BCUT2D eigenvalue weighted by molar-refractivity contribution is 7.89. The van der Waals surface area contributed by atoms with E-state index in [4.69, 9.17) is 18.9 Å². The predicted molar refractivity (Wildman–Crippen MR) is 191 cm³/mol. The molecule has 6 atom stereocenters. The van der Waals surface area contributed by atoms with Gasteiger partial charge in [-0.1, -0.05) is 30.4 Å². The Hall–Kier alpha value is -3.26. The first-order chi connectivity index (χ1) is 25.0. The number of halogens is 3. The average Bonchev–Trinajstić information content (AvgIpc) is 3.39. The van der Waals surface area contributed by atoms with Gasteiger partial charge in [-0.2, -0.15) is 17.5 Å². The Bertz CT molecular complexity index is 1840. The number of aromatic nitrogens is 1. The smallest absolute Gasteiger partial charge is 0.407 e. The van der Waals surface area contributed by atoms with Crippen LogP contribution in [0, 0.1) is 11.3 Å². The fraction of sp³-hybridized carbons (Fsp3) is 0.600. The number of hydrogen-bond acceptors (Lipinski definition) is 12. The van der Waals surface area contributed by atoms with Crippen molar-refractivity contribution in [1.29, 1.82) is 0 Å². The van der Waals surface area contributed by atoms with Crippen LogP contribution in [0.25, 0.3) is 10.2 Å². The number of benzene rings is 2. The van der Waals surface area contributed by atoms with E-state index in [1.165, 1.54) is 28.8 Å². The van der Waals surface area contributed by atoms with Gasteiger partial charge >= 0.3 is 12.3 Å². The fourth-order valence-electron chi connectivity index (χ4n) is 6.58. The summed E-state index contributed by atoms with van der Waals surface area (Å²) in [4.78, 5) is 18.1. The summed E-state index contributed by atoms with van der Waals surface area (Å²) in [7, 11) is -2.61. The molecule has 2 aromatic carbocycles. The second-order valence-electron chi connectivity index (χ2n) is 14.6. The van der Waals surface area contributed by atoms with Crippen molar-refractivity contribution in [2.75, 3.05) is 45.3 Å². The number of thiazole rings is 1. The normalized spacial score (nSPS) is 23.6. The number of methoxy groups -OCH3 is 1. The third-order valence-corrected chi connectivity index (χ3v) is 12.5. The van der Waals surface area contributed by atoms with Crippen LogP contribution in [0.3, 0.4) is 0 Å². The van der Waals surface area contributed by atoms with Crippen LogP contribution in [0.5, 0.6) is 5.75 Å². The number of amides is 1. The highest BCUT2D eigenvalue weighted by Crippen LogP contribution is 2.46. The van der Waals surface area contributed by atoms with Crippen molar-refractivity contribution in [3.05, 3.63) is 48.0 Å². The number of alkyl halides is 3. The molecule has 1 aromatic heterocycles. The number of carbonyl (C=O) groups is 1. The molecule has 1 aliphatic carbocycles. The molecule has 3 heterocycles. The Morgan fingerprint density at radius 2 is 1.87 bits per heavy atom. The van der Waals surface area contributed by atoms with Crippen LogP contribution in [0.15, 0.2) is 47.4 Å². The molecule has 1 saturated carbocycles. The highest BCUT2D eigenvalue weighted by atomic mass is 32.2. The molecule has 0 radical (unpaired) electrons. The van der Waals surface area contributed by atoms with Crippen LogP contribution >= 0.6 is 11.3 Å². The summed E-state index contributed by atoms with van der Waals surface area (Å²) < 4.78 is 91.5. The number of carbonyl (C=O) groups excluding carboxylic acids is 1. The van der Waals surface area contributed by atoms with Crippen molar-refractivity contribution < 1.29 is 50.4 Å². The van der Waals surface area contributed by atoms with Crippen LogP contribution < -0.4 is 20.7 Å². The quantitative estimate of drug-likeness (QED) is 0.162. The maximum Gasteiger partial charge on any atom is 0.407 e. The van der Waals surface area contributed by atoms with Gasteiger partial charge in [0.1, 0.15) is 11.9 Å². The van der Waals surface area contributed by atoms with Gasteiger partial charge in [0.2, 0.25) is 10.0 Å². The molecule has 0 spiro atoms. The van der Waals surface area contributed by atoms with Crippen molar-refractivity contribution in [1.82, 2.24) is 19.9 Å². The van der Waals surface area contributed by atoms with E-state index < -0.39 is 65.3 Å². The minimum absolute atomic E-state index is 0.0547. The van der Waals surface area contributed by atoms with Gasteiger partial charge in [-0.15, -0.1) is 0 Å². The van der Waals surface area contributed by atoms with Gasteiger partial charge in [0.05, 0.1) is 60.0 Å². The number of sulfonamides is 1. The SMILES string of the molecule is COc1ccc(C[C@H](NC(=O)O[C@H]2CO[C@H]3OC[C@H](NCC(F)(F)F)[C@H]32)[C@H](O)CN(CC2(C)CC2)S(=O)(=O)c2ccc3nc(NC(C)C)sc3c2)cc1. The summed E-state index contributed by atoms with van der Waals surface area (Å²) in [5, 5.41) is 20.9. The number of hydrogen-bond donors (Lipinski definition) is 4. The number of rotatable bonds is 16. The zero-order valence-corrected chi connectivity index (χ0v) is 31.5. The summed E-state index contributed by atoms with van der Waals surface area (Å²) in [5.74, 6) is -0.0949. The lowest BCUT2D eigenvalue weighted by Gasteiger charge is -2.31. The largest absolute Gasteiger partial charge is 0.497 e. The lowest BCUT2D eigenvalue weighted by atomic mass is 9.98. The Morgan fingerprint density at radius 3 is 2.53 bits per heavy atom. The number of nitrogens with one attached hydrogen (secondary N) is 3. The molecule has 0 bridgehead atoms. The molecule has 4 N–H and O–H groups in total.